The summed E-state index contributed by atoms with van der Waals surface area (Å²) in [6, 6.07) is 0. The summed E-state index contributed by atoms with van der Waals surface area (Å²) in [6.45, 7) is 6.74. The van der Waals surface area contributed by atoms with Crippen molar-refractivity contribution in [2.24, 2.45) is 0 Å². The number of nitrogens with two attached hydrogens (primary N) is 1. The van der Waals surface area contributed by atoms with E-state index in [0.29, 0.717) is 19.0 Å². The maximum absolute atomic E-state index is 11.6. The molecule has 1 fully saturated rings. The van der Waals surface area contributed by atoms with E-state index in [0.717, 1.165) is 18.4 Å². The molecular weight excluding hydrogens is 272 g/mol. The molecule has 2 N–H and O–H groups in total. The number of piperidine rings is 1. The van der Waals surface area contributed by atoms with Crippen molar-refractivity contribution >= 4 is 12.1 Å². The number of aromatic nitrogens is 2. The summed E-state index contributed by atoms with van der Waals surface area (Å²) in [5, 5.41) is 1.64. The van der Waals surface area contributed by atoms with Gasteiger partial charge in [-0.3, -0.25) is 0 Å². The monoisotopic (exact) mass is 294 g/mol. The number of carbonyl (C=O) groups is 1. The van der Waals surface area contributed by atoms with Crippen LogP contribution in [0, 0.1) is 0 Å². The normalized spacial score (nSPS) is 17.5. The third-order valence-electron chi connectivity index (χ3n) is 3.21. The Morgan fingerprint density at radius 3 is 2.38 bits per heavy atom. The second-order valence-electron chi connectivity index (χ2n) is 6.13. The van der Waals surface area contributed by atoms with Gasteiger partial charge >= 0.3 is 6.16 Å². The molecule has 0 atom stereocenters. The van der Waals surface area contributed by atoms with Crippen molar-refractivity contribution in [2.45, 2.75) is 45.1 Å². The van der Waals surface area contributed by atoms with Crippen LogP contribution in [0.15, 0.2) is 12.4 Å². The van der Waals surface area contributed by atoms with Crippen LogP contribution in [0.25, 0.3) is 0 Å². The molecule has 0 spiro atoms. The predicted octanol–water partition coefficient (Wildman–Crippen LogP) is 2.10. The molecule has 1 saturated heterocycles. The van der Waals surface area contributed by atoms with Gasteiger partial charge in [-0.1, -0.05) is 0 Å². The van der Waals surface area contributed by atoms with Gasteiger partial charge in [0.2, 0.25) is 5.95 Å². The Morgan fingerprint density at radius 1 is 1.29 bits per heavy atom. The minimum Gasteiger partial charge on any atom is -0.427 e. The second kappa shape index (κ2) is 6.26. The van der Waals surface area contributed by atoms with Crippen molar-refractivity contribution in [3.8, 4) is 0 Å². The Balaban J connectivity index is 1.80. The highest BCUT2D eigenvalue weighted by atomic mass is 16.8. The van der Waals surface area contributed by atoms with Gasteiger partial charge < -0.3 is 15.3 Å². The first-order chi connectivity index (χ1) is 9.83. The molecule has 1 aliphatic rings. The first-order valence-electron chi connectivity index (χ1n) is 7.07. The van der Waals surface area contributed by atoms with Gasteiger partial charge in [-0.05, 0) is 45.1 Å². The standard InChI is InChI=1S/C14H22N4O3/c1-14(2,3)20-13(19)21-18-6-4-10(5-7-18)11-8-16-12(15)17-9-11/h8-10H,4-7H2,1-3H3,(H2,15,16,17). The van der Waals surface area contributed by atoms with E-state index >= 15 is 0 Å². The maximum atomic E-state index is 11.6. The van der Waals surface area contributed by atoms with E-state index in [4.69, 9.17) is 15.3 Å². The summed E-state index contributed by atoms with van der Waals surface area (Å²) in [5.74, 6) is 0.647. The summed E-state index contributed by atoms with van der Waals surface area (Å²) in [5.41, 5.74) is 6.01. The van der Waals surface area contributed by atoms with Crippen LogP contribution in [-0.2, 0) is 9.57 Å². The Bertz CT molecular complexity index is 476. The molecule has 0 saturated carbocycles. The number of rotatable bonds is 2. The summed E-state index contributed by atoms with van der Waals surface area (Å²) in [6.07, 6.45) is 4.61. The molecular formula is C14H22N4O3. The van der Waals surface area contributed by atoms with Gasteiger partial charge in [-0.25, -0.2) is 14.8 Å². The predicted molar refractivity (Wildman–Crippen MR) is 77.3 cm³/mol. The molecule has 0 radical (unpaired) electrons. The molecule has 1 aromatic rings. The van der Waals surface area contributed by atoms with Crippen LogP contribution in [0.4, 0.5) is 10.7 Å². The zero-order chi connectivity index (χ0) is 15.5. The molecule has 116 valence electrons. The van der Waals surface area contributed by atoms with Gasteiger partial charge in [0.25, 0.3) is 0 Å². The van der Waals surface area contributed by atoms with Crippen LogP contribution in [0.2, 0.25) is 0 Å². The minimum atomic E-state index is -0.656. The molecule has 0 amide bonds. The largest absolute Gasteiger partial charge is 0.528 e. The molecule has 0 unspecified atom stereocenters. The Labute approximate surface area is 124 Å². The number of hydrogen-bond acceptors (Lipinski definition) is 7. The van der Waals surface area contributed by atoms with Crippen LogP contribution in [-0.4, -0.2) is 39.9 Å². The fourth-order valence-electron chi connectivity index (χ4n) is 2.21. The van der Waals surface area contributed by atoms with E-state index in [1.54, 1.807) is 17.5 Å². The molecule has 7 nitrogen and oxygen atoms in total. The van der Waals surface area contributed by atoms with E-state index < -0.39 is 11.8 Å². The molecule has 0 bridgehead atoms. The summed E-state index contributed by atoms with van der Waals surface area (Å²) < 4.78 is 5.13. The van der Waals surface area contributed by atoms with Gasteiger partial charge in [-0.15, -0.1) is 5.06 Å². The quantitative estimate of drug-likeness (QED) is 0.835. The van der Waals surface area contributed by atoms with Crippen LogP contribution >= 0.6 is 0 Å². The Kier molecular flexibility index (Phi) is 4.62. The highest BCUT2D eigenvalue weighted by Gasteiger charge is 2.25. The number of nitrogens with zero attached hydrogens (tertiary/aromatic N) is 3. The molecule has 7 heteroatoms. The SMILES string of the molecule is CC(C)(C)OC(=O)ON1CCC(c2cnc(N)nc2)CC1. The third kappa shape index (κ3) is 4.86. The summed E-state index contributed by atoms with van der Waals surface area (Å²) >= 11 is 0. The molecule has 0 aromatic carbocycles. The molecule has 1 aromatic heterocycles. The molecule has 21 heavy (non-hydrogen) atoms. The molecule has 2 rings (SSSR count). The molecule has 2 heterocycles. The number of hydrogen-bond donors (Lipinski definition) is 1. The van der Waals surface area contributed by atoms with Crippen molar-refractivity contribution in [3.05, 3.63) is 18.0 Å². The number of ether oxygens (including phenoxy) is 1. The highest BCUT2D eigenvalue weighted by Crippen LogP contribution is 2.27. The maximum Gasteiger partial charge on any atom is 0.528 e. The summed E-state index contributed by atoms with van der Waals surface area (Å²) in [4.78, 5) is 24.8. The van der Waals surface area contributed by atoms with E-state index in [9.17, 15) is 4.79 Å². The lowest BCUT2D eigenvalue weighted by atomic mass is 9.92. The number of nitrogen functional groups attached to an aromatic ring is 1. The number of anilines is 1. The molecule has 0 aliphatic carbocycles. The average Bonchev–Trinajstić information content (AvgIpc) is 2.38. The second-order valence-corrected chi connectivity index (χ2v) is 6.13. The van der Waals surface area contributed by atoms with Crippen LogP contribution in [0.1, 0.15) is 45.1 Å². The highest BCUT2D eigenvalue weighted by molar-refractivity contribution is 5.60. The van der Waals surface area contributed by atoms with Gasteiger partial charge in [0, 0.05) is 25.5 Å². The van der Waals surface area contributed by atoms with Gasteiger partial charge in [0.05, 0.1) is 0 Å². The third-order valence-corrected chi connectivity index (χ3v) is 3.21. The van der Waals surface area contributed by atoms with Crippen LogP contribution < -0.4 is 5.73 Å². The average molecular weight is 294 g/mol. The lowest BCUT2D eigenvalue weighted by Crippen LogP contribution is -2.37. The number of hydroxylamine groups is 2. The van der Waals surface area contributed by atoms with Crippen molar-refractivity contribution < 1.29 is 14.4 Å². The van der Waals surface area contributed by atoms with Crippen molar-refractivity contribution in [3.63, 3.8) is 0 Å². The van der Waals surface area contributed by atoms with E-state index in [2.05, 4.69) is 9.97 Å². The molecule has 1 aliphatic heterocycles. The smallest absolute Gasteiger partial charge is 0.427 e. The minimum absolute atomic E-state index is 0.282. The summed E-state index contributed by atoms with van der Waals surface area (Å²) in [7, 11) is 0. The van der Waals surface area contributed by atoms with Gasteiger partial charge in [0.15, 0.2) is 0 Å². The number of carbonyl (C=O) groups excluding carboxylic acids is 1. The zero-order valence-electron chi connectivity index (χ0n) is 12.7. The van der Waals surface area contributed by atoms with E-state index in [-0.39, 0.29) is 5.95 Å². The fourth-order valence-corrected chi connectivity index (χ4v) is 2.21. The topological polar surface area (TPSA) is 90.6 Å². The van der Waals surface area contributed by atoms with Crippen molar-refractivity contribution in [1.29, 1.82) is 0 Å². The van der Waals surface area contributed by atoms with Gasteiger partial charge in [-0.2, -0.15) is 0 Å². The van der Waals surface area contributed by atoms with E-state index in [1.807, 2.05) is 20.8 Å². The van der Waals surface area contributed by atoms with Gasteiger partial charge in [0.1, 0.15) is 5.60 Å². The van der Waals surface area contributed by atoms with Crippen molar-refractivity contribution in [1.82, 2.24) is 15.0 Å². The first kappa shape index (κ1) is 15.5. The lowest BCUT2D eigenvalue weighted by Gasteiger charge is -2.30. The Hall–Kier alpha value is -1.89. The van der Waals surface area contributed by atoms with Crippen LogP contribution in [0.5, 0.6) is 0 Å². The Morgan fingerprint density at radius 2 is 1.86 bits per heavy atom. The van der Waals surface area contributed by atoms with Crippen LogP contribution in [0.3, 0.4) is 0 Å². The zero-order valence-corrected chi connectivity index (χ0v) is 12.7. The fraction of sp³-hybridized carbons (Fsp3) is 0.643. The first-order valence-corrected chi connectivity index (χ1v) is 7.07. The van der Waals surface area contributed by atoms with Crippen molar-refractivity contribution in [2.75, 3.05) is 18.8 Å². The van der Waals surface area contributed by atoms with E-state index in [1.165, 1.54) is 0 Å². The lowest BCUT2D eigenvalue weighted by molar-refractivity contribution is -0.152.